The molecule has 0 fully saturated rings. The average Bonchev–Trinajstić information content (AvgIpc) is 2.78. The lowest BCUT2D eigenvalue weighted by molar-refractivity contribution is -0.384. The number of aryl methyl sites for hydroxylation is 1. The molecule has 0 atom stereocenters. The minimum absolute atomic E-state index is 0.0945. The van der Waals surface area contributed by atoms with Gasteiger partial charge in [-0.3, -0.25) is 10.1 Å². The second-order valence-electron chi connectivity index (χ2n) is 3.74. The van der Waals surface area contributed by atoms with Crippen LogP contribution in [0.4, 0.5) is 11.4 Å². The Kier molecular flexibility index (Phi) is 3.04. The second kappa shape index (κ2) is 4.65. The quantitative estimate of drug-likeness (QED) is 0.625. The Morgan fingerprint density at radius 1 is 1.47 bits per heavy atom. The zero-order valence-corrected chi connectivity index (χ0v) is 9.30. The molecule has 0 aliphatic rings. The summed E-state index contributed by atoms with van der Waals surface area (Å²) in [4.78, 5) is 17.2. The van der Waals surface area contributed by atoms with Crippen LogP contribution in [0.1, 0.15) is 11.3 Å². The molecule has 2 aromatic rings. The molecule has 0 unspecified atom stereocenters. The van der Waals surface area contributed by atoms with E-state index in [4.69, 9.17) is 0 Å². The minimum atomic E-state index is -0.394. The second-order valence-corrected chi connectivity index (χ2v) is 3.74. The lowest BCUT2D eigenvalue weighted by Crippen LogP contribution is -2.00. The highest BCUT2D eigenvalue weighted by Gasteiger charge is 2.07. The van der Waals surface area contributed by atoms with E-state index in [-0.39, 0.29) is 5.69 Å². The first-order valence-corrected chi connectivity index (χ1v) is 5.12. The summed E-state index contributed by atoms with van der Waals surface area (Å²) in [5.74, 6) is 0. The lowest BCUT2D eigenvalue weighted by Gasteiger charge is -2.05. The van der Waals surface area contributed by atoms with Crippen molar-refractivity contribution in [1.29, 1.82) is 0 Å². The predicted octanol–water partition coefficient (Wildman–Crippen LogP) is 2.24. The minimum Gasteiger partial charge on any atom is -0.379 e. The molecule has 88 valence electrons. The SMILES string of the molecule is Cc1cc(NCc2cnc[nH]2)cc([N+](=O)[O-])c1. The fourth-order valence-electron chi connectivity index (χ4n) is 1.55. The first-order valence-electron chi connectivity index (χ1n) is 5.12. The molecule has 6 heteroatoms. The van der Waals surface area contributed by atoms with Crippen molar-refractivity contribution in [2.24, 2.45) is 0 Å². The van der Waals surface area contributed by atoms with Crippen LogP contribution in [0.5, 0.6) is 0 Å². The monoisotopic (exact) mass is 232 g/mol. The normalized spacial score (nSPS) is 10.2. The number of nitro benzene ring substituents is 1. The first kappa shape index (κ1) is 11.1. The van der Waals surface area contributed by atoms with Gasteiger partial charge in [0.25, 0.3) is 5.69 Å². The summed E-state index contributed by atoms with van der Waals surface area (Å²) in [7, 11) is 0. The van der Waals surface area contributed by atoms with Gasteiger partial charge in [0.05, 0.1) is 23.5 Å². The fraction of sp³-hybridized carbons (Fsp3) is 0.182. The van der Waals surface area contributed by atoms with Crippen LogP contribution in [0, 0.1) is 17.0 Å². The molecule has 2 N–H and O–H groups in total. The van der Waals surface area contributed by atoms with Crippen molar-refractivity contribution in [3.8, 4) is 0 Å². The number of H-pyrrole nitrogens is 1. The van der Waals surface area contributed by atoms with Gasteiger partial charge in [-0.25, -0.2) is 4.98 Å². The molecule has 17 heavy (non-hydrogen) atoms. The third-order valence-corrected chi connectivity index (χ3v) is 2.31. The van der Waals surface area contributed by atoms with E-state index in [1.165, 1.54) is 6.07 Å². The number of hydrogen-bond acceptors (Lipinski definition) is 4. The van der Waals surface area contributed by atoms with Crippen LogP contribution in [0.15, 0.2) is 30.7 Å². The fourth-order valence-corrected chi connectivity index (χ4v) is 1.55. The Hall–Kier alpha value is -2.37. The number of imidazole rings is 1. The number of benzene rings is 1. The molecule has 0 saturated carbocycles. The van der Waals surface area contributed by atoms with Gasteiger partial charge in [-0.05, 0) is 18.6 Å². The van der Waals surface area contributed by atoms with Crippen LogP contribution in [0.25, 0.3) is 0 Å². The maximum Gasteiger partial charge on any atom is 0.271 e. The molecule has 6 nitrogen and oxygen atoms in total. The highest BCUT2D eigenvalue weighted by molar-refractivity contribution is 5.53. The Morgan fingerprint density at radius 2 is 2.29 bits per heavy atom. The third-order valence-electron chi connectivity index (χ3n) is 2.31. The van der Waals surface area contributed by atoms with Crippen molar-refractivity contribution in [3.63, 3.8) is 0 Å². The molecule has 1 aromatic heterocycles. The van der Waals surface area contributed by atoms with E-state index in [9.17, 15) is 10.1 Å². The molecule has 0 amide bonds. The standard InChI is InChI=1S/C11H12N4O2/c1-8-2-9(4-11(3-8)15(16)17)13-6-10-5-12-7-14-10/h2-5,7,13H,6H2,1H3,(H,12,14). The van der Waals surface area contributed by atoms with Crippen molar-refractivity contribution in [1.82, 2.24) is 9.97 Å². The molecule has 0 saturated heterocycles. The Labute approximate surface area is 97.9 Å². The number of non-ortho nitro benzene ring substituents is 1. The Bertz CT molecular complexity index is 522. The number of nitrogens with one attached hydrogen (secondary N) is 2. The molecular formula is C11H12N4O2. The van der Waals surface area contributed by atoms with Crippen molar-refractivity contribution in [3.05, 3.63) is 52.1 Å². The smallest absolute Gasteiger partial charge is 0.271 e. The van der Waals surface area contributed by atoms with Gasteiger partial charge in [0, 0.05) is 24.0 Å². The highest BCUT2D eigenvalue weighted by Crippen LogP contribution is 2.20. The Morgan fingerprint density at radius 3 is 2.94 bits per heavy atom. The number of nitrogens with zero attached hydrogens (tertiary/aromatic N) is 2. The molecule has 2 rings (SSSR count). The maximum atomic E-state index is 10.7. The number of aromatic amines is 1. The maximum absolute atomic E-state index is 10.7. The molecule has 0 radical (unpaired) electrons. The third kappa shape index (κ3) is 2.81. The number of aromatic nitrogens is 2. The Balaban J connectivity index is 2.13. The van der Waals surface area contributed by atoms with Crippen molar-refractivity contribution in [2.45, 2.75) is 13.5 Å². The summed E-state index contributed by atoms with van der Waals surface area (Å²) < 4.78 is 0. The predicted molar refractivity (Wildman–Crippen MR) is 63.7 cm³/mol. The van der Waals surface area contributed by atoms with Gasteiger partial charge in [-0.15, -0.1) is 0 Å². The lowest BCUT2D eigenvalue weighted by atomic mass is 10.2. The van der Waals surface area contributed by atoms with E-state index in [1.54, 1.807) is 18.6 Å². The number of anilines is 1. The molecule has 1 aromatic carbocycles. The van der Waals surface area contributed by atoms with E-state index >= 15 is 0 Å². The number of hydrogen-bond donors (Lipinski definition) is 2. The van der Waals surface area contributed by atoms with Gasteiger partial charge < -0.3 is 10.3 Å². The van der Waals surface area contributed by atoms with E-state index in [0.29, 0.717) is 6.54 Å². The number of rotatable bonds is 4. The van der Waals surface area contributed by atoms with Crippen LogP contribution in [-0.4, -0.2) is 14.9 Å². The van der Waals surface area contributed by atoms with E-state index < -0.39 is 4.92 Å². The van der Waals surface area contributed by atoms with Gasteiger partial charge in [-0.2, -0.15) is 0 Å². The van der Waals surface area contributed by atoms with Crippen LogP contribution in [0.2, 0.25) is 0 Å². The highest BCUT2D eigenvalue weighted by atomic mass is 16.6. The zero-order valence-electron chi connectivity index (χ0n) is 9.30. The van der Waals surface area contributed by atoms with Gasteiger partial charge in [0.2, 0.25) is 0 Å². The van der Waals surface area contributed by atoms with Gasteiger partial charge >= 0.3 is 0 Å². The van der Waals surface area contributed by atoms with E-state index in [2.05, 4.69) is 15.3 Å². The summed E-state index contributed by atoms with van der Waals surface area (Å²) in [6, 6.07) is 4.92. The van der Waals surface area contributed by atoms with Gasteiger partial charge in [-0.1, -0.05) is 0 Å². The first-order chi connectivity index (χ1) is 8.15. The van der Waals surface area contributed by atoms with Gasteiger partial charge in [0.15, 0.2) is 0 Å². The zero-order chi connectivity index (χ0) is 12.3. The summed E-state index contributed by atoms with van der Waals surface area (Å²) in [6.07, 6.45) is 3.30. The van der Waals surface area contributed by atoms with Crippen molar-refractivity contribution in [2.75, 3.05) is 5.32 Å². The molecule has 0 aliphatic carbocycles. The molecule has 0 aliphatic heterocycles. The van der Waals surface area contributed by atoms with Crippen LogP contribution >= 0.6 is 0 Å². The summed E-state index contributed by atoms with van der Waals surface area (Å²) >= 11 is 0. The summed E-state index contributed by atoms with van der Waals surface area (Å²) in [5.41, 5.74) is 2.60. The average molecular weight is 232 g/mol. The molecule has 0 spiro atoms. The summed E-state index contributed by atoms with van der Waals surface area (Å²) in [5, 5.41) is 13.8. The van der Waals surface area contributed by atoms with E-state index in [1.807, 2.05) is 13.0 Å². The molecule has 1 heterocycles. The van der Waals surface area contributed by atoms with Gasteiger partial charge in [0.1, 0.15) is 0 Å². The number of nitro groups is 1. The van der Waals surface area contributed by atoms with Crippen molar-refractivity contribution >= 4 is 11.4 Å². The summed E-state index contributed by atoms with van der Waals surface area (Å²) in [6.45, 7) is 2.38. The van der Waals surface area contributed by atoms with Crippen LogP contribution in [-0.2, 0) is 6.54 Å². The topological polar surface area (TPSA) is 83.8 Å². The molecular weight excluding hydrogens is 220 g/mol. The van der Waals surface area contributed by atoms with Crippen LogP contribution in [0.3, 0.4) is 0 Å². The van der Waals surface area contributed by atoms with E-state index in [0.717, 1.165) is 16.9 Å². The van der Waals surface area contributed by atoms with Crippen LogP contribution < -0.4 is 5.32 Å². The van der Waals surface area contributed by atoms with Crippen molar-refractivity contribution < 1.29 is 4.92 Å². The molecule has 0 bridgehead atoms. The largest absolute Gasteiger partial charge is 0.379 e.